The molecule has 2 unspecified atom stereocenters. The minimum atomic E-state index is -0.488. The number of hydrogen-bond acceptors (Lipinski definition) is 4. The molecule has 1 saturated carbocycles. The minimum Gasteiger partial charge on any atom is -0.465 e. The van der Waals surface area contributed by atoms with Crippen molar-refractivity contribution in [1.82, 2.24) is 5.32 Å². The molecule has 1 fully saturated rings. The van der Waals surface area contributed by atoms with E-state index in [-0.39, 0.29) is 5.97 Å². The van der Waals surface area contributed by atoms with Crippen molar-refractivity contribution in [2.75, 3.05) is 6.61 Å². The quantitative estimate of drug-likeness (QED) is 0.841. The second-order valence-corrected chi connectivity index (χ2v) is 6.30. The van der Waals surface area contributed by atoms with Gasteiger partial charge in [-0.2, -0.15) is 0 Å². The molecule has 0 spiro atoms. The topological polar surface area (TPSA) is 38.3 Å². The summed E-state index contributed by atoms with van der Waals surface area (Å²) in [6.07, 6.45) is 4.29. The summed E-state index contributed by atoms with van der Waals surface area (Å²) in [6, 6.07) is 4.15. The number of ether oxygens (including phenoxy) is 1. The van der Waals surface area contributed by atoms with Crippen LogP contribution in [0.4, 0.5) is 0 Å². The molecule has 1 aromatic rings. The van der Waals surface area contributed by atoms with E-state index in [1.165, 1.54) is 11.3 Å². The lowest BCUT2D eigenvalue weighted by Gasteiger charge is -2.41. The fourth-order valence-corrected chi connectivity index (χ4v) is 3.55. The summed E-state index contributed by atoms with van der Waals surface area (Å²) in [5.74, 6) is 0.263. The second-order valence-electron chi connectivity index (χ2n) is 5.27. The van der Waals surface area contributed by atoms with Crippen molar-refractivity contribution in [1.29, 1.82) is 0 Å². The van der Waals surface area contributed by atoms with Crippen LogP contribution in [-0.4, -0.2) is 18.1 Å². The first-order chi connectivity index (χ1) is 9.19. The maximum atomic E-state index is 12.4. The third kappa shape index (κ3) is 3.18. The van der Waals surface area contributed by atoms with Gasteiger partial charge in [-0.15, -0.1) is 11.3 Å². The molecule has 1 heterocycles. The predicted molar refractivity (Wildman–Crippen MR) is 78.2 cm³/mol. The first kappa shape index (κ1) is 14.5. The Bertz CT molecular complexity index is 404. The van der Waals surface area contributed by atoms with Gasteiger partial charge in [0.05, 0.1) is 6.61 Å². The molecule has 1 aromatic heterocycles. The van der Waals surface area contributed by atoms with E-state index in [9.17, 15) is 4.79 Å². The average Bonchev–Trinajstić information content (AvgIpc) is 2.91. The monoisotopic (exact) mass is 281 g/mol. The standard InChI is InChI=1S/C15H23NO2S/c1-3-18-14(17)15(9-5-4-7-12(15)2)16-11-13-8-6-10-19-13/h6,8,10,12,16H,3-5,7,9,11H2,1-2H3. The van der Waals surface area contributed by atoms with Gasteiger partial charge in [-0.05, 0) is 37.1 Å². The molecule has 1 N–H and O–H groups in total. The molecule has 2 rings (SSSR count). The zero-order chi connectivity index (χ0) is 13.7. The van der Waals surface area contributed by atoms with Crippen LogP contribution >= 0.6 is 11.3 Å². The Morgan fingerprint density at radius 2 is 2.42 bits per heavy atom. The lowest BCUT2D eigenvalue weighted by molar-refractivity contribution is -0.155. The highest BCUT2D eigenvalue weighted by Gasteiger charge is 2.45. The van der Waals surface area contributed by atoms with Gasteiger partial charge in [0.1, 0.15) is 5.54 Å². The second kappa shape index (κ2) is 6.53. The largest absolute Gasteiger partial charge is 0.465 e. The first-order valence-electron chi connectivity index (χ1n) is 7.13. The van der Waals surface area contributed by atoms with Crippen LogP contribution in [0.2, 0.25) is 0 Å². The fourth-order valence-electron chi connectivity index (χ4n) is 2.90. The van der Waals surface area contributed by atoms with Crippen LogP contribution in [0, 0.1) is 5.92 Å². The number of carbonyl (C=O) groups excluding carboxylic acids is 1. The number of rotatable bonds is 5. The zero-order valence-corrected chi connectivity index (χ0v) is 12.6. The molecule has 0 amide bonds. The number of hydrogen-bond donors (Lipinski definition) is 1. The normalized spacial score (nSPS) is 27.2. The van der Waals surface area contributed by atoms with Crippen molar-refractivity contribution in [2.24, 2.45) is 5.92 Å². The van der Waals surface area contributed by atoms with Crippen molar-refractivity contribution >= 4 is 17.3 Å². The van der Waals surface area contributed by atoms with Gasteiger partial charge in [0, 0.05) is 11.4 Å². The summed E-state index contributed by atoms with van der Waals surface area (Å²) < 4.78 is 5.33. The van der Waals surface area contributed by atoms with E-state index in [0.29, 0.717) is 12.5 Å². The minimum absolute atomic E-state index is 0.0706. The van der Waals surface area contributed by atoms with Gasteiger partial charge < -0.3 is 4.74 Å². The summed E-state index contributed by atoms with van der Waals surface area (Å²) in [4.78, 5) is 13.7. The lowest BCUT2D eigenvalue weighted by Crippen LogP contribution is -2.58. The van der Waals surface area contributed by atoms with Crippen LogP contribution in [0.1, 0.15) is 44.4 Å². The molecule has 0 bridgehead atoms. The maximum Gasteiger partial charge on any atom is 0.326 e. The molecule has 106 valence electrons. The van der Waals surface area contributed by atoms with Gasteiger partial charge >= 0.3 is 5.97 Å². The van der Waals surface area contributed by atoms with Crippen LogP contribution in [0.3, 0.4) is 0 Å². The molecule has 1 aliphatic carbocycles. The molecule has 1 aliphatic rings. The third-order valence-electron chi connectivity index (χ3n) is 4.10. The molecular weight excluding hydrogens is 258 g/mol. The lowest BCUT2D eigenvalue weighted by atomic mass is 9.73. The number of thiophene rings is 1. The maximum absolute atomic E-state index is 12.4. The van der Waals surface area contributed by atoms with Gasteiger partial charge in [0.2, 0.25) is 0 Å². The molecule has 0 aliphatic heterocycles. The van der Waals surface area contributed by atoms with Crippen LogP contribution in [0.15, 0.2) is 17.5 Å². The highest BCUT2D eigenvalue weighted by atomic mass is 32.1. The molecule has 0 aromatic carbocycles. The SMILES string of the molecule is CCOC(=O)C1(NCc2cccs2)CCCCC1C. The summed E-state index contributed by atoms with van der Waals surface area (Å²) in [7, 11) is 0. The van der Waals surface area contributed by atoms with Crippen LogP contribution < -0.4 is 5.32 Å². The average molecular weight is 281 g/mol. The van der Waals surface area contributed by atoms with Gasteiger partial charge in [-0.3, -0.25) is 10.1 Å². The third-order valence-corrected chi connectivity index (χ3v) is 4.97. The summed E-state index contributed by atoms with van der Waals surface area (Å²) in [5.41, 5.74) is -0.488. The smallest absolute Gasteiger partial charge is 0.326 e. The molecule has 3 nitrogen and oxygen atoms in total. The van der Waals surface area contributed by atoms with Gasteiger partial charge in [0.15, 0.2) is 0 Å². The molecule has 0 saturated heterocycles. The highest BCUT2D eigenvalue weighted by Crippen LogP contribution is 2.35. The fraction of sp³-hybridized carbons (Fsp3) is 0.667. The van der Waals surface area contributed by atoms with E-state index in [1.54, 1.807) is 11.3 Å². The van der Waals surface area contributed by atoms with E-state index >= 15 is 0 Å². The molecule has 2 atom stereocenters. The van der Waals surface area contributed by atoms with Crippen molar-refractivity contribution in [2.45, 2.75) is 51.6 Å². The Morgan fingerprint density at radius 3 is 3.05 bits per heavy atom. The first-order valence-corrected chi connectivity index (χ1v) is 8.01. The predicted octanol–water partition coefficient (Wildman–Crippen LogP) is 3.35. The van der Waals surface area contributed by atoms with Gasteiger partial charge in [0.25, 0.3) is 0 Å². The Hall–Kier alpha value is -0.870. The Kier molecular flexibility index (Phi) is 4.99. The van der Waals surface area contributed by atoms with Crippen molar-refractivity contribution in [3.8, 4) is 0 Å². The van der Waals surface area contributed by atoms with Crippen LogP contribution in [0.5, 0.6) is 0 Å². The van der Waals surface area contributed by atoms with E-state index in [1.807, 2.05) is 13.0 Å². The van der Waals surface area contributed by atoms with Crippen LogP contribution in [-0.2, 0) is 16.1 Å². The van der Waals surface area contributed by atoms with E-state index < -0.39 is 5.54 Å². The molecule has 4 heteroatoms. The Balaban J connectivity index is 2.11. The van der Waals surface area contributed by atoms with E-state index in [0.717, 1.165) is 25.8 Å². The zero-order valence-electron chi connectivity index (χ0n) is 11.8. The summed E-state index contributed by atoms with van der Waals surface area (Å²) in [6.45, 7) is 5.24. The van der Waals surface area contributed by atoms with Crippen LogP contribution in [0.25, 0.3) is 0 Å². The van der Waals surface area contributed by atoms with Crippen molar-refractivity contribution < 1.29 is 9.53 Å². The van der Waals surface area contributed by atoms with E-state index in [2.05, 4.69) is 23.7 Å². The summed E-state index contributed by atoms with van der Waals surface area (Å²) in [5, 5.41) is 5.58. The van der Waals surface area contributed by atoms with Crippen molar-refractivity contribution in [3.05, 3.63) is 22.4 Å². The molecular formula is C15H23NO2S. The summed E-state index contributed by atoms with van der Waals surface area (Å²) >= 11 is 1.72. The number of esters is 1. The molecule has 0 radical (unpaired) electrons. The van der Waals surface area contributed by atoms with Gasteiger partial charge in [-0.1, -0.05) is 25.8 Å². The number of nitrogens with one attached hydrogen (secondary N) is 1. The van der Waals surface area contributed by atoms with Gasteiger partial charge in [-0.25, -0.2) is 0 Å². The Morgan fingerprint density at radius 1 is 1.58 bits per heavy atom. The Labute approximate surface area is 119 Å². The number of carbonyl (C=O) groups is 1. The molecule has 19 heavy (non-hydrogen) atoms. The highest BCUT2D eigenvalue weighted by molar-refractivity contribution is 7.09. The van der Waals surface area contributed by atoms with E-state index in [4.69, 9.17) is 4.74 Å². The van der Waals surface area contributed by atoms with Crippen molar-refractivity contribution in [3.63, 3.8) is 0 Å².